The summed E-state index contributed by atoms with van der Waals surface area (Å²) in [5, 5.41) is 5.91. The monoisotopic (exact) mass is 249 g/mol. The van der Waals surface area contributed by atoms with Gasteiger partial charge in [0.05, 0.1) is 0 Å². The molecule has 0 radical (unpaired) electrons. The van der Waals surface area contributed by atoms with Crippen LogP contribution in [0.2, 0.25) is 0 Å². The predicted molar refractivity (Wildman–Crippen MR) is 68.7 cm³/mol. The Labute approximate surface area is 104 Å². The minimum atomic E-state index is -0.416. The highest BCUT2D eigenvalue weighted by atomic mass is 19.1. The van der Waals surface area contributed by atoms with E-state index in [2.05, 4.69) is 10.4 Å². The maximum absolute atomic E-state index is 13.7. The van der Waals surface area contributed by atoms with Gasteiger partial charge in [-0.15, -0.1) is 0 Å². The quantitative estimate of drug-likeness (QED) is 0.860. The van der Waals surface area contributed by atoms with Crippen LogP contribution in [-0.4, -0.2) is 23.4 Å². The van der Waals surface area contributed by atoms with Gasteiger partial charge in [0, 0.05) is 11.3 Å². The number of hydrogen-bond donors (Lipinski definition) is 2. The van der Waals surface area contributed by atoms with Crippen molar-refractivity contribution in [2.24, 2.45) is 0 Å². The molecule has 18 heavy (non-hydrogen) atoms. The van der Waals surface area contributed by atoms with Crippen LogP contribution in [0.3, 0.4) is 0 Å². The van der Waals surface area contributed by atoms with Gasteiger partial charge in [-0.1, -0.05) is 12.1 Å². The van der Waals surface area contributed by atoms with Crippen LogP contribution in [-0.2, 0) is 6.42 Å². The van der Waals surface area contributed by atoms with E-state index >= 15 is 0 Å². The second-order valence-electron chi connectivity index (χ2n) is 4.16. The van der Waals surface area contributed by atoms with Crippen LogP contribution in [0.25, 0.3) is 5.69 Å². The van der Waals surface area contributed by atoms with E-state index in [-0.39, 0.29) is 11.2 Å². The fourth-order valence-electron chi connectivity index (χ4n) is 1.93. The van der Waals surface area contributed by atoms with E-state index in [1.807, 2.05) is 14.0 Å². The summed E-state index contributed by atoms with van der Waals surface area (Å²) in [7, 11) is 1.83. The Morgan fingerprint density at radius 1 is 1.39 bits per heavy atom. The van der Waals surface area contributed by atoms with Crippen LogP contribution in [0.15, 0.2) is 29.1 Å². The highest BCUT2D eigenvalue weighted by molar-refractivity contribution is 5.34. The van der Waals surface area contributed by atoms with Crippen molar-refractivity contribution in [3.8, 4) is 5.69 Å². The Balaban J connectivity index is 2.48. The zero-order valence-corrected chi connectivity index (χ0v) is 10.5. The number of hydrogen-bond acceptors (Lipinski definition) is 2. The van der Waals surface area contributed by atoms with E-state index in [4.69, 9.17) is 0 Å². The lowest BCUT2D eigenvalue weighted by molar-refractivity contribution is 0.607. The average Bonchev–Trinajstić information content (AvgIpc) is 2.63. The van der Waals surface area contributed by atoms with Crippen LogP contribution in [0, 0.1) is 12.7 Å². The predicted octanol–water partition coefficient (Wildman–Crippen LogP) is 1.38. The molecule has 0 saturated heterocycles. The van der Waals surface area contributed by atoms with Gasteiger partial charge in [0.15, 0.2) is 0 Å². The smallest absolute Gasteiger partial charge is 0.274 e. The first-order chi connectivity index (χ1) is 8.65. The van der Waals surface area contributed by atoms with Crippen molar-refractivity contribution in [2.45, 2.75) is 13.3 Å². The van der Waals surface area contributed by atoms with Gasteiger partial charge < -0.3 is 5.32 Å². The highest BCUT2D eigenvalue weighted by Crippen LogP contribution is 2.11. The summed E-state index contributed by atoms with van der Waals surface area (Å²) >= 11 is 0. The molecule has 0 aliphatic rings. The molecule has 2 N–H and O–H groups in total. The lowest BCUT2D eigenvalue weighted by Crippen LogP contribution is -2.21. The zero-order valence-electron chi connectivity index (χ0n) is 10.5. The van der Waals surface area contributed by atoms with Crippen LogP contribution < -0.4 is 10.9 Å². The highest BCUT2D eigenvalue weighted by Gasteiger charge is 2.13. The molecule has 2 rings (SSSR count). The van der Waals surface area contributed by atoms with Crippen molar-refractivity contribution in [1.82, 2.24) is 15.1 Å². The van der Waals surface area contributed by atoms with Gasteiger partial charge >= 0.3 is 0 Å². The fraction of sp³-hybridized carbons (Fsp3) is 0.308. The summed E-state index contributed by atoms with van der Waals surface area (Å²) in [6.07, 6.45) is 0.624. The number of aromatic amines is 1. The molecular weight excluding hydrogens is 233 g/mol. The minimum Gasteiger partial charge on any atom is -0.319 e. The summed E-state index contributed by atoms with van der Waals surface area (Å²) in [4.78, 5) is 12.2. The number of rotatable bonds is 4. The maximum Gasteiger partial charge on any atom is 0.274 e. The third-order valence-electron chi connectivity index (χ3n) is 2.91. The van der Waals surface area contributed by atoms with Crippen molar-refractivity contribution < 1.29 is 4.39 Å². The molecule has 0 fully saturated rings. The average molecular weight is 249 g/mol. The fourth-order valence-corrected chi connectivity index (χ4v) is 1.93. The molecule has 0 atom stereocenters. The van der Waals surface area contributed by atoms with Gasteiger partial charge in [0.2, 0.25) is 0 Å². The zero-order chi connectivity index (χ0) is 13.1. The Bertz CT molecular complexity index is 601. The summed E-state index contributed by atoms with van der Waals surface area (Å²) in [6.45, 7) is 2.54. The van der Waals surface area contributed by atoms with Gasteiger partial charge in [-0.05, 0) is 39.1 Å². The Kier molecular flexibility index (Phi) is 3.62. The number of nitrogens with one attached hydrogen (secondary N) is 2. The topological polar surface area (TPSA) is 49.8 Å². The van der Waals surface area contributed by atoms with Crippen molar-refractivity contribution in [3.05, 3.63) is 51.7 Å². The Hall–Kier alpha value is -1.88. The van der Waals surface area contributed by atoms with Crippen LogP contribution >= 0.6 is 0 Å². The first kappa shape index (κ1) is 12.6. The number of halogens is 1. The summed E-state index contributed by atoms with van der Waals surface area (Å²) in [5.74, 6) is -0.416. The molecule has 1 aromatic carbocycles. The third-order valence-corrected chi connectivity index (χ3v) is 2.91. The molecule has 0 spiro atoms. The second-order valence-corrected chi connectivity index (χ2v) is 4.16. The molecule has 4 nitrogen and oxygen atoms in total. The van der Waals surface area contributed by atoms with Crippen molar-refractivity contribution in [3.63, 3.8) is 0 Å². The number of H-pyrrole nitrogens is 1. The van der Waals surface area contributed by atoms with Crippen LogP contribution in [0.5, 0.6) is 0 Å². The number of para-hydroxylation sites is 1. The molecule has 2 aromatic rings. The number of benzene rings is 1. The summed E-state index contributed by atoms with van der Waals surface area (Å²) in [5.41, 5.74) is 1.53. The maximum atomic E-state index is 13.7. The largest absolute Gasteiger partial charge is 0.319 e. The first-order valence-corrected chi connectivity index (χ1v) is 5.85. The van der Waals surface area contributed by atoms with Crippen molar-refractivity contribution in [2.75, 3.05) is 13.6 Å². The molecule has 0 aliphatic heterocycles. The van der Waals surface area contributed by atoms with Gasteiger partial charge in [-0.25, -0.2) is 9.07 Å². The second kappa shape index (κ2) is 5.18. The Morgan fingerprint density at radius 2 is 2.11 bits per heavy atom. The van der Waals surface area contributed by atoms with E-state index in [0.717, 1.165) is 5.69 Å². The van der Waals surface area contributed by atoms with Crippen LogP contribution in [0.1, 0.15) is 11.3 Å². The van der Waals surface area contributed by atoms with Crippen molar-refractivity contribution >= 4 is 0 Å². The van der Waals surface area contributed by atoms with Gasteiger partial charge in [0.1, 0.15) is 11.5 Å². The number of likely N-dealkylation sites (N-methyl/N-ethyl adjacent to an activating group) is 1. The lowest BCUT2D eigenvalue weighted by Gasteiger charge is -2.02. The standard InChI is InChI=1S/C13H16FN3O/c1-9-10(7-8-15-2)13(18)17(16-9)12-6-4-3-5-11(12)14/h3-6,15-16H,7-8H2,1-2H3. The van der Waals surface area contributed by atoms with E-state index < -0.39 is 5.82 Å². The van der Waals surface area contributed by atoms with Gasteiger partial charge in [-0.3, -0.25) is 9.89 Å². The number of aryl methyl sites for hydroxylation is 1. The summed E-state index contributed by atoms with van der Waals surface area (Å²) < 4.78 is 14.9. The van der Waals surface area contributed by atoms with E-state index in [1.165, 1.54) is 10.7 Å². The third kappa shape index (κ3) is 2.22. The molecule has 0 unspecified atom stereocenters. The SMILES string of the molecule is CNCCc1c(C)[nH]n(-c2ccccc2F)c1=O. The number of nitrogens with zero attached hydrogens (tertiary/aromatic N) is 1. The van der Waals surface area contributed by atoms with Crippen LogP contribution in [0.4, 0.5) is 4.39 Å². The summed E-state index contributed by atoms with van der Waals surface area (Å²) in [6, 6.07) is 6.22. The molecular formula is C13H16FN3O. The molecule has 0 bridgehead atoms. The molecule has 96 valence electrons. The van der Waals surface area contributed by atoms with Crippen molar-refractivity contribution in [1.29, 1.82) is 0 Å². The van der Waals surface area contributed by atoms with E-state index in [1.54, 1.807) is 18.2 Å². The molecule has 1 aromatic heterocycles. The first-order valence-electron chi connectivity index (χ1n) is 5.85. The lowest BCUT2D eigenvalue weighted by atomic mass is 10.2. The van der Waals surface area contributed by atoms with Gasteiger partial charge in [0.25, 0.3) is 5.56 Å². The molecule has 1 heterocycles. The normalized spacial score (nSPS) is 10.8. The molecule has 0 amide bonds. The Morgan fingerprint density at radius 3 is 2.78 bits per heavy atom. The molecule has 5 heteroatoms. The number of aromatic nitrogens is 2. The molecule has 0 saturated carbocycles. The minimum absolute atomic E-state index is 0.187. The van der Waals surface area contributed by atoms with E-state index in [0.29, 0.717) is 18.5 Å². The van der Waals surface area contributed by atoms with E-state index in [9.17, 15) is 9.18 Å². The van der Waals surface area contributed by atoms with Gasteiger partial charge in [-0.2, -0.15) is 0 Å². The molecule has 0 aliphatic carbocycles.